The van der Waals surface area contributed by atoms with Gasteiger partial charge in [0.1, 0.15) is 12.3 Å². The summed E-state index contributed by atoms with van der Waals surface area (Å²) < 4.78 is 13.6. The minimum Gasteiger partial charge on any atom is -0.411 e. The Morgan fingerprint density at radius 3 is 2.64 bits per heavy atom. The zero-order chi connectivity index (χ0) is 19.0. The van der Waals surface area contributed by atoms with Gasteiger partial charge in [0, 0.05) is 18.2 Å². The van der Waals surface area contributed by atoms with E-state index in [1.54, 1.807) is 6.92 Å². The molecule has 0 spiro atoms. The first-order chi connectivity index (χ1) is 11.5. The zero-order valence-electron chi connectivity index (χ0n) is 15.6. The summed E-state index contributed by atoms with van der Waals surface area (Å²) >= 11 is 0. The molecule has 2 rings (SSSR count). The van der Waals surface area contributed by atoms with Gasteiger partial charge in [-0.15, -0.1) is 0 Å². The summed E-state index contributed by atoms with van der Waals surface area (Å²) in [4.78, 5) is 25.9. The number of rotatable bonds is 4. The molecule has 1 aliphatic heterocycles. The van der Waals surface area contributed by atoms with E-state index in [0.717, 1.165) is 0 Å². The Morgan fingerprint density at radius 2 is 2.08 bits per heavy atom. The lowest BCUT2D eigenvalue weighted by Crippen LogP contribution is -2.46. The van der Waals surface area contributed by atoms with Gasteiger partial charge in [0.2, 0.25) is 0 Å². The van der Waals surface area contributed by atoms with Crippen molar-refractivity contribution < 1.29 is 14.4 Å². The van der Waals surface area contributed by atoms with E-state index >= 15 is 0 Å². The SMILES string of the molecule is Cc1cn(C2CC(O[Si](C)(C)C(C)(C)C)C(C=NO)O2)c(=O)[nH]c1=O. The van der Waals surface area contributed by atoms with E-state index in [2.05, 4.69) is 44.0 Å². The van der Waals surface area contributed by atoms with E-state index in [1.807, 2.05) is 0 Å². The molecule has 1 saturated heterocycles. The van der Waals surface area contributed by atoms with E-state index in [0.29, 0.717) is 12.0 Å². The number of aryl methyl sites for hydroxylation is 1. The molecule has 1 aromatic rings. The molecule has 1 aromatic heterocycles. The third-order valence-electron chi connectivity index (χ3n) is 5.04. The van der Waals surface area contributed by atoms with Gasteiger partial charge < -0.3 is 14.4 Å². The van der Waals surface area contributed by atoms with Gasteiger partial charge in [-0.1, -0.05) is 25.9 Å². The lowest BCUT2D eigenvalue weighted by atomic mass is 10.2. The third kappa shape index (κ3) is 4.10. The number of ether oxygens (including phenoxy) is 1. The lowest BCUT2D eigenvalue weighted by Gasteiger charge is -2.38. The van der Waals surface area contributed by atoms with Crippen molar-refractivity contribution in [1.82, 2.24) is 9.55 Å². The maximum absolute atomic E-state index is 12.1. The van der Waals surface area contributed by atoms with Crippen LogP contribution < -0.4 is 11.2 Å². The molecule has 0 saturated carbocycles. The average Bonchev–Trinajstić information content (AvgIpc) is 2.84. The van der Waals surface area contributed by atoms with Crippen LogP contribution in [0, 0.1) is 6.92 Å². The fourth-order valence-corrected chi connectivity index (χ4v) is 3.84. The van der Waals surface area contributed by atoms with Crippen molar-refractivity contribution in [2.45, 2.75) is 70.7 Å². The molecule has 9 heteroatoms. The van der Waals surface area contributed by atoms with E-state index in [-0.39, 0.29) is 11.1 Å². The number of aromatic amines is 1. The molecule has 2 N–H and O–H groups in total. The molecule has 3 atom stereocenters. The van der Waals surface area contributed by atoms with Crippen molar-refractivity contribution in [3.05, 3.63) is 32.6 Å². The van der Waals surface area contributed by atoms with Gasteiger partial charge in [-0.3, -0.25) is 14.3 Å². The van der Waals surface area contributed by atoms with Crippen molar-refractivity contribution in [2.24, 2.45) is 5.16 Å². The van der Waals surface area contributed by atoms with Crippen LogP contribution >= 0.6 is 0 Å². The number of aromatic nitrogens is 2. The minimum absolute atomic E-state index is 0.0113. The highest BCUT2D eigenvalue weighted by Crippen LogP contribution is 2.40. The van der Waals surface area contributed by atoms with Crippen molar-refractivity contribution >= 4 is 14.5 Å². The topological polar surface area (TPSA) is 106 Å². The van der Waals surface area contributed by atoms with Crippen LogP contribution in [-0.4, -0.2) is 41.5 Å². The molecule has 0 bridgehead atoms. The van der Waals surface area contributed by atoms with Crippen LogP contribution in [0.1, 0.15) is 39.0 Å². The first kappa shape index (κ1) is 19.6. The average molecular weight is 369 g/mol. The van der Waals surface area contributed by atoms with Gasteiger partial charge in [-0.25, -0.2) is 4.79 Å². The Morgan fingerprint density at radius 1 is 1.44 bits per heavy atom. The van der Waals surface area contributed by atoms with Gasteiger partial charge in [0.15, 0.2) is 8.32 Å². The molecule has 1 fully saturated rings. The molecule has 25 heavy (non-hydrogen) atoms. The molecule has 8 nitrogen and oxygen atoms in total. The highest BCUT2D eigenvalue weighted by molar-refractivity contribution is 6.74. The van der Waals surface area contributed by atoms with Crippen molar-refractivity contribution in [3.63, 3.8) is 0 Å². The Kier molecular flexibility index (Phi) is 5.40. The predicted octanol–water partition coefficient (Wildman–Crippen LogP) is 1.98. The highest BCUT2D eigenvalue weighted by Gasteiger charge is 2.45. The fourth-order valence-electron chi connectivity index (χ4n) is 2.50. The van der Waals surface area contributed by atoms with Crippen LogP contribution in [0.4, 0.5) is 0 Å². The maximum Gasteiger partial charge on any atom is 0.330 e. The normalized spacial score (nSPS) is 25.0. The number of oxime groups is 1. The first-order valence-electron chi connectivity index (χ1n) is 8.29. The summed E-state index contributed by atoms with van der Waals surface area (Å²) in [5, 5.41) is 12.0. The Balaban J connectivity index is 2.31. The first-order valence-corrected chi connectivity index (χ1v) is 11.2. The number of nitrogens with zero attached hydrogens (tertiary/aromatic N) is 2. The van der Waals surface area contributed by atoms with E-state index in [4.69, 9.17) is 14.4 Å². The van der Waals surface area contributed by atoms with Crippen LogP contribution in [-0.2, 0) is 9.16 Å². The molecule has 0 amide bonds. The second-order valence-electron chi connectivity index (χ2n) is 7.95. The second-order valence-corrected chi connectivity index (χ2v) is 12.7. The van der Waals surface area contributed by atoms with Crippen LogP contribution in [0.25, 0.3) is 0 Å². The number of hydrogen-bond donors (Lipinski definition) is 2. The molecule has 1 aliphatic rings. The van der Waals surface area contributed by atoms with Crippen LogP contribution in [0.15, 0.2) is 20.9 Å². The fraction of sp³-hybridized carbons (Fsp3) is 0.688. The van der Waals surface area contributed by atoms with Gasteiger partial charge in [0.25, 0.3) is 5.56 Å². The van der Waals surface area contributed by atoms with E-state index < -0.39 is 31.9 Å². The molecule has 0 aliphatic carbocycles. The molecule has 0 aromatic carbocycles. The highest BCUT2D eigenvalue weighted by atomic mass is 28.4. The van der Waals surface area contributed by atoms with Crippen molar-refractivity contribution in [2.75, 3.05) is 0 Å². The minimum atomic E-state index is -2.07. The van der Waals surface area contributed by atoms with Crippen molar-refractivity contribution in [3.8, 4) is 0 Å². The van der Waals surface area contributed by atoms with Gasteiger partial charge in [-0.2, -0.15) is 0 Å². The zero-order valence-corrected chi connectivity index (χ0v) is 16.6. The second kappa shape index (κ2) is 6.89. The summed E-state index contributed by atoms with van der Waals surface area (Å²) in [6, 6.07) is 0. The summed E-state index contributed by atoms with van der Waals surface area (Å²) in [7, 11) is -2.07. The Labute approximate surface area is 147 Å². The monoisotopic (exact) mass is 369 g/mol. The predicted molar refractivity (Wildman–Crippen MR) is 96.9 cm³/mol. The summed E-state index contributed by atoms with van der Waals surface area (Å²) in [6.45, 7) is 12.3. The molecule has 0 radical (unpaired) electrons. The summed E-state index contributed by atoms with van der Waals surface area (Å²) in [6.07, 6.45) is 1.69. The maximum atomic E-state index is 12.1. The van der Waals surface area contributed by atoms with E-state index in [1.165, 1.54) is 17.0 Å². The molecular weight excluding hydrogens is 342 g/mol. The summed E-state index contributed by atoms with van der Waals surface area (Å²) in [5.41, 5.74) is -0.528. The van der Waals surface area contributed by atoms with Crippen LogP contribution in [0.3, 0.4) is 0 Å². The van der Waals surface area contributed by atoms with Gasteiger partial charge in [0.05, 0.1) is 12.3 Å². The number of H-pyrrole nitrogens is 1. The molecule has 3 unspecified atom stereocenters. The largest absolute Gasteiger partial charge is 0.411 e. The van der Waals surface area contributed by atoms with Gasteiger partial charge >= 0.3 is 5.69 Å². The molecule has 140 valence electrons. The Bertz CT molecular complexity index is 762. The standard InChI is InChI=1S/C16H27N3O5Si/c1-10-9-19(15(21)18-14(10)20)13-7-11(12(23-13)8-17-22)24-25(5,6)16(2,3)4/h8-9,11-13,22H,7H2,1-6H3,(H,18,20,21). The number of nitrogens with one attached hydrogen (secondary N) is 1. The van der Waals surface area contributed by atoms with Crippen molar-refractivity contribution in [1.29, 1.82) is 0 Å². The molecule has 2 heterocycles. The number of hydrogen-bond acceptors (Lipinski definition) is 6. The molecular formula is C16H27N3O5Si. The quantitative estimate of drug-likeness (QED) is 0.365. The summed E-state index contributed by atoms with van der Waals surface area (Å²) in [5.74, 6) is 0. The van der Waals surface area contributed by atoms with E-state index in [9.17, 15) is 9.59 Å². The lowest BCUT2D eigenvalue weighted by molar-refractivity contribution is 0.0171. The smallest absolute Gasteiger partial charge is 0.330 e. The van der Waals surface area contributed by atoms with Crippen LogP contribution in [0.2, 0.25) is 18.1 Å². The Hall–Kier alpha value is -1.71. The third-order valence-corrected chi connectivity index (χ3v) is 9.54. The van der Waals surface area contributed by atoms with Crippen LogP contribution in [0.5, 0.6) is 0 Å². The van der Waals surface area contributed by atoms with Gasteiger partial charge in [-0.05, 0) is 25.1 Å².